The van der Waals surface area contributed by atoms with E-state index in [1.807, 2.05) is 42.5 Å². The first kappa shape index (κ1) is 37.0. The number of rotatable bonds is 7. The topological polar surface area (TPSA) is 40.0 Å². The molecule has 3 heterocycles. The molecule has 0 atom stereocenters. The predicted molar refractivity (Wildman–Crippen MR) is 264 cm³/mol. The number of para-hydroxylation sites is 3. The van der Waals surface area contributed by atoms with Crippen molar-refractivity contribution in [3.05, 3.63) is 236 Å². The molecular weight excluding hydrogens is 779 g/mol. The minimum absolute atomic E-state index is 0.561. The quantitative estimate of drug-likeness (QED) is 0.150. The van der Waals surface area contributed by atoms with Crippen LogP contribution in [0.3, 0.4) is 0 Å². The van der Waals surface area contributed by atoms with E-state index in [1.165, 1.54) is 43.6 Å². The van der Waals surface area contributed by atoms with Crippen LogP contribution in [0.25, 0.3) is 116 Å². The van der Waals surface area contributed by atoms with E-state index in [2.05, 4.69) is 190 Å². The Morgan fingerprint density at radius 1 is 0.312 bits per heavy atom. The van der Waals surface area contributed by atoms with Crippen molar-refractivity contribution in [1.82, 2.24) is 19.1 Å². The summed E-state index contributed by atoms with van der Waals surface area (Å²) in [6.07, 6.45) is 0. The number of aromatic nitrogens is 4. The number of fused-ring (bicyclic) bond motifs is 6. The largest absolute Gasteiger partial charge is 0.309 e. The lowest BCUT2D eigenvalue weighted by Gasteiger charge is -2.11. The summed E-state index contributed by atoms with van der Waals surface area (Å²) < 4.78 is 4.78. The summed E-state index contributed by atoms with van der Waals surface area (Å²) in [6, 6.07) is 78.9. The molecule has 12 aromatic rings. The van der Waals surface area contributed by atoms with Crippen LogP contribution in [-0.4, -0.2) is 19.1 Å². The molecule has 0 bridgehead atoms. The van der Waals surface area contributed by atoms with Crippen molar-refractivity contribution in [3.8, 4) is 67.5 Å². The molecule has 0 unspecified atom stereocenters. The Kier molecular flexibility index (Phi) is 8.81. The van der Waals surface area contributed by atoms with Gasteiger partial charge in [0.1, 0.15) is 0 Å². The highest BCUT2D eigenvalue weighted by Crippen LogP contribution is 2.38. The molecule has 64 heavy (non-hydrogen) atoms. The zero-order valence-corrected chi connectivity index (χ0v) is 34.6. The van der Waals surface area contributed by atoms with Crippen molar-refractivity contribution in [1.29, 1.82) is 0 Å². The Morgan fingerprint density at radius 3 is 1.30 bits per heavy atom. The lowest BCUT2D eigenvalue weighted by molar-refractivity contribution is 1.17. The molecule has 5 nitrogen and oxygen atoms in total. The summed E-state index contributed by atoms with van der Waals surface area (Å²) in [5.74, 6) is 0.592. The first-order valence-corrected chi connectivity index (χ1v) is 21.4. The lowest BCUT2D eigenvalue weighted by Crippen LogP contribution is -1.96. The number of nitrogens with zero attached hydrogens (tertiary/aromatic N) is 5. The van der Waals surface area contributed by atoms with Crippen molar-refractivity contribution in [2.24, 2.45) is 0 Å². The standard InChI is InChI=1S/C59H37N5/c1-60-46-15-11-14-45(36-46)59-61-53(43-12-3-2-4-13-43)38-54(62-59)44-28-26-41(27-29-44)39-22-24-40(25-23-39)42-30-32-47(33-31-42)63-57-21-10-7-18-51(57)52-37-48(34-35-58(52)63)64-55-19-8-5-16-49(55)50-17-6-9-20-56(50)64/h2-38H. The van der Waals surface area contributed by atoms with Crippen LogP contribution in [0.1, 0.15) is 0 Å². The van der Waals surface area contributed by atoms with Gasteiger partial charge < -0.3 is 9.13 Å². The van der Waals surface area contributed by atoms with Gasteiger partial charge in [0.05, 0.1) is 40.0 Å². The summed E-state index contributed by atoms with van der Waals surface area (Å²) in [5, 5.41) is 4.98. The Morgan fingerprint density at radius 2 is 0.734 bits per heavy atom. The molecule has 3 aromatic heterocycles. The molecule has 0 saturated carbocycles. The van der Waals surface area contributed by atoms with Crippen molar-refractivity contribution < 1.29 is 0 Å². The lowest BCUT2D eigenvalue weighted by atomic mass is 9.98. The molecule has 0 aliphatic carbocycles. The summed E-state index contributed by atoms with van der Waals surface area (Å²) in [4.78, 5) is 13.5. The second-order valence-electron chi connectivity index (χ2n) is 16.1. The van der Waals surface area contributed by atoms with E-state index in [0.717, 1.165) is 61.7 Å². The normalized spacial score (nSPS) is 11.4. The van der Waals surface area contributed by atoms with Crippen molar-refractivity contribution in [2.45, 2.75) is 0 Å². The van der Waals surface area contributed by atoms with Crippen molar-refractivity contribution >= 4 is 49.3 Å². The third-order valence-corrected chi connectivity index (χ3v) is 12.4. The maximum Gasteiger partial charge on any atom is 0.187 e. The molecule has 0 amide bonds. The van der Waals surface area contributed by atoms with Gasteiger partial charge in [0.25, 0.3) is 0 Å². The third-order valence-electron chi connectivity index (χ3n) is 12.4. The third kappa shape index (κ3) is 6.33. The second kappa shape index (κ2) is 15.3. The van der Waals surface area contributed by atoms with Gasteiger partial charge in [-0.25, -0.2) is 14.8 Å². The Balaban J connectivity index is 0.836. The van der Waals surface area contributed by atoms with Gasteiger partial charge in [-0.15, -0.1) is 0 Å². The Hall–Kier alpha value is -8.85. The summed E-state index contributed by atoms with van der Waals surface area (Å²) in [7, 11) is 0. The average molecular weight is 816 g/mol. The van der Waals surface area contributed by atoms with Gasteiger partial charge in [0.15, 0.2) is 11.5 Å². The first-order valence-electron chi connectivity index (χ1n) is 21.4. The van der Waals surface area contributed by atoms with Crippen LogP contribution in [-0.2, 0) is 0 Å². The number of benzene rings is 9. The zero-order chi connectivity index (χ0) is 42.6. The maximum atomic E-state index is 7.51. The highest BCUT2D eigenvalue weighted by molar-refractivity contribution is 6.12. The average Bonchev–Trinajstić information content (AvgIpc) is 3.89. The molecule has 0 aliphatic heterocycles. The second-order valence-corrected chi connectivity index (χ2v) is 16.1. The molecule has 0 saturated heterocycles. The molecule has 0 fully saturated rings. The highest BCUT2D eigenvalue weighted by Gasteiger charge is 2.17. The zero-order valence-electron chi connectivity index (χ0n) is 34.6. The predicted octanol–water partition coefficient (Wildman–Crippen LogP) is 15.6. The van der Waals surface area contributed by atoms with Gasteiger partial charge in [-0.3, -0.25) is 0 Å². The number of hydrogen-bond acceptors (Lipinski definition) is 2. The van der Waals surface area contributed by atoms with Crippen LogP contribution >= 0.6 is 0 Å². The minimum Gasteiger partial charge on any atom is -0.309 e. The molecule has 0 spiro atoms. The minimum atomic E-state index is 0.561. The van der Waals surface area contributed by atoms with Gasteiger partial charge in [0.2, 0.25) is 0 Å². The van der Waals surface area contributed by atoms with Gasteiger partial charge in [0, 0.05) is 49.6 Å². The van der Waals surface area contributed by atoms with E-state index >= 15 is 0 Å². The smallest absolute Gasteiger partial charge is 0.187 e. The van der Waals surface area contributed by atoms with E-state index in [-0.39, 0.29) is 0 Å². The number of hydrogen-bond donors (Lipinski definition) is 0. The summed E-state index contributed by atoms with van der Waals surface area (Å²) in [5.41, 5.74) is 16.7. The molecular formula is C59H37N5. The first-order chi connectivity index (χ1) is 31.7. The van der Waals surface area contributed by atoms with Gasteiger partial charge >= 0.3 is 0 Å². The fraction of sp³-hybridized carbons (Fsp3) is 0. The van der Waals surface area contributed by atoms with Crippen LogP contribution in [0, 0.1) is 6.57 Å². The molecule has 0 radical (unpaired) electrons. The Bertz CT molecular complexity index is 3710. The van der Waals surface area contributed by atoms with Crippen LogP contribution in [0.5, 0.6) is 0 Å². The SMILES string of the molecule is [C-]#[N+]c1cccc(-c2nc(-c3ccccc3)cc(-c3ccc(-c4ccc(-c5ccc(-n6c7ccccc7c7cc(-n8c9ccccc9c9ccccc98)ccc76)cc5)cc4)cc3)n2)c1. The molecule has 5 heteroatoms. The van der Waals surface area contributed by atoms with Crippen LogP contribution in [0.15, 0.2) is 224 Å². The van der Waals surface area contributed by atoms with Crippen molar-refractivity contribution in [3.63, 3.8) is 0 Å². The van der Waals surface area contributed by atoms with Crippen LogP contribution in [0.4, 0.5) is 5.69 Å². The van der Waals surface area contributed by atoms with E-state index in [4.69, 9.17) is 16.5 Å². The fourth-order valence-corrected chi connectivity index (χ4v) is 9.27. The fourth-order valence-electron chi connectivity index (χ4n) is 9.27. The van der Waals surface area contributed by atoms with E-state index in [1.54, 1.807) is 6.07 Å². The van der Waals surface area contributed by atoms with Gasteiger partial charge in [-0.05, 0) is 82.9 Å². The molecule has 12 rings (SSSR count). The van der Waals surface area contributed by atoms with E-state index in [0.29, 0.717) is 11.5 Å². The maximum absolute atomic E-state index is 7.51. The van der Waals surface area contributed by atoms with Crippen LogP contribution < -0.4 is 0 Å². The molecule has 0 aliphatic rings. The summed E-state index contributed by atoms with van der Waals surface area (Å²) in [6.45, 7) is 7.51. The van der Waals surface area contributed by atoms with E-state index < -0.39 is 0 Å². The molecule has 0 N–H and O–H groups in total. The van der Waals surface area contributed by atoms with Gasteiger partial charge in [-0.1, -0.05) is 164 Å². The Labute approximate surface area is 370 Å². The van der Waals surface area contributed by atoms with Gasteiger partial charge in [-0.2, -0.15) is 0 Å². The monoisotopic (exact) mass is 815 g/mol. The summed E-state index contributed by atoms with van der Waals surface area (Å²) >= 11 is 0. The van der Waals surface area contributed by atoms with Crippen LogP contribution in [0.2, 0.25) is 0 Å². The molecule has 9 aromatic carbocycles. The van der Waals surface area contributed by atoms with E-state index in [9.17, 15) is 0 Å². The highest BCUT2D eigenvalue weighted by atomic mass is 15.0. The van der Waals surface area contributed by atoms with Crippen molar-refractivity contribution in [2.75, 3.05) is 0 Å². The molecule has 298 valence electrons.